The van der Waals surface area contributed by atoms with E-state index in [2.05, 4.69) is 13.8 Å². The van der Waals surface area contributed by atoms with Crippen molar-refractivity contribution in [2.24, 2.45) is 23.5 Å². The highest BCUT2D eigenvalue weighted by molar-refractivity contribution is 5.80. The van der Waals surface area contributed by atoms with Gasteiger partial charge in [-0.2, -0.15) is 0 Å². The molecule has 0 saturated heterocycles. The minimum Gasteiger partial charge on any atom is -0.381 e. The first-order chi connectivity index (χ1) is 13.9. The van der Waals surface area contributed by atoms with E-state index in [1.54, 1.807) is 0 Å². The van der Waals surface area contributed by atoms with Gasteiger partial charge in [0, 0.05) is 40.0 Å². The van der Waals surface area contributed by atoms with Crippen LogP contribution in [-0.2, 0) is 19.1 Å². The van der Waals surface area contributed by atoms with Gasteiger partial charge in [-0.3, -0.25) is 9.59 Å². The molecule has 2 saturated carbocycles. The number of hydrogen-bond acceptors (Lipinski definition) is 4. The van der Waals surface area contributed by atoms with E-state index < -0.39 is 0 Å². The van der Waals surface area contributed by atoms with Crippen LogP contribution in [0.2, 0.25) is 0 Å². The number of primary amides is 1. The molecule has 2 N–H and O–H groups in total. The molecule has 0 unspecified atom stereocenters. The van der Waals surface area contributed by atoms with Crippen LogP contribution < -0.4 is 5.73 Å². The number of carbonyl (C=O) groups excluding carboxylic acids is 2. The van der Waals surface area contributed by atoms with Crippen molar-refractivity contribution in [2.75, 3.05) is 19.8 Å². The van der Waals surface area contributed by atoms with E-state index in [1.165, 1.54) is 44.9 Å². The van der Waals surface area contributed by atoms with Gasteiger partial charge in [-0.25, -0.2) is 0 Å². The van der Waals surface area contributed by atoms with E-state index in [9.17, 15) is 9.59 Å². The van der Waals surface area contributed by atoms with Crippen LogP contribution in [0.15, 0.2) is 0 Å². The van der Waals surface area contributed by atoms with Gasteiger partial charge in [0.15, 0.2) is 0 Å². The first kappa shape index (κ1) is 26.1. The lowest BCUT2D eigenvalue weighted by atomic mass is 9.83. The van der Waals surface area contributed by atoms with Gasteiger partial charge >= 0.3 is 0 Å². The number of rotatable bonds is 11. The zero-order valence-electron chi connectivity index (χ0n) is 19.1. The molecule has 0 aliphatic heterocycles. The first-order valence-electron chi connectivity index (χ1n) is 11.9. The summed E-state index contributed by atoms with van der Waals surface area (Å²) in [4.78, 5) is 21.7. The third-order valence-corrected chi connectivity index (χ3v) is 6.11. The third kappa shape index (κ3) is 13.1. The van der Waals surface area contributed by atoms with Crippen molar-refractivity contribution in [3.05, 3.63) is 0 Å². The summed E-state index contributed by atoms with van der Waals surface area (Å²) in [5.74, 6) is 2.09. The monoisotopic (exact) mass is 413 g/mol. The molecule has 172 valence electrons. The van der Waals surface area contributed by atoms with Crippen LogP contribution in [0.25, 0.3) is 0 Å². The van der Waals surface area contributed by atoms with Crippen LogP contribution in [0, 0.1) is 17.8 Å². The number of ether oxygens (including phenoxy) is 2. The molecule has 2 aliphatic rings. The maximum absolute atomic E-state index is 11.2. The second-order valence-corrected chi connectivity index (χ2v) is 9.07. The Hall–Kier alpha value is -0.940. The minimum atomic E-state index is -0.241. The standard InChI is InChI=1S/C15H29NO3.C9H16O.H2/c1-12(2)19-11-14-7-5-13(6-8-14)10-18-9-3-4-15(16)17;1-2-9(10)8-6-4-3-5-7-8;/h12-14H,3-11H2,1-2H3,(H2,16,17);8H,2-7H2,1H3;1H. The van der Waals surface area contributed by atoms with Crippen molar-refractivity contribution in [1.82, 2.24) is 0 Å². The van der Waals surface area contributed by atoms with E-state index in [4.69, 9.17) is 15.2 Å². The van der Waals surface area contributed by atoms with E-state index in [0.29, 0.717) is 36.8 Å². The summed E-state index contributed by atoms with van der Waals surface area (Å²) in [6.07, 6.45) is 13.4. The number of carbonyl (C=O) groups is 2. The van der Waals surface area contributed by atoms with Gasteiger partial charge in [0.1, 0.15) is 5.78 Å². The van der Waals surface area contributed by atoms with Crippen LogP contribution in [-0.4, -0.2) is 37.6 Å². The summed E-state index contributed by atoms with van der Waals surface area (Å²) in [6, 6.07) is 0. The molecule has 5 heteroatoms. The van der Waals surface area contributed by atoms with Crippen LogP contribution >= 0.6 is 0 Å². The highest BCUT2D eigenvalue weighted by Gasteiger charge is 2.21. The Balaban J connectivity index is 0.000000646. The molecule has 29 heavy (non-hydrogen) atoms. The van der Waals surface area contributed by atoms with Gasteiger partial charge in [-0.05, 0) is 70.6 Å². The Kier molecular flexibility index (Phi) is 14.3. The van der Waals surface area contributed by atoms with E-state index >= 15 is 0 Å². The fourth-order valence-electron chi connectivity index (χ4n) is 4.21. The number of amides is 1. The highest BCUT2D eigenvalue weighted by Crippen LogP contribution is 2.29. The molecule has 0 heterocycles. The van der Waals surface area contributed by atoms with Gasteiger partial charge < -0.3 is 15.2 Å². The average molecular weight is 414 g/mol. The molecule has 2 aliphatic carbocycles. The van der Waals surface area contributed by atoms with Crippen molar-refractivity contribution in [3.8, 4) is 0 Å². The van der Waals surface area contributed by atoms with Crippen LogP contribution in [0.5, 0.6) is 0 Å². The average Bonchev–Trinajstić information content (AvgIpc) is 2.73. The summed E-state index contributed by atoms with van der Waals surface area (Å²) in [5, 5.41) is 0. The summed E-state index contributed by atoms with van der Waals surface area (Å²) >= 11 is 0. The van der Waals surface area contributed by atoms with Crippen LogP contribution in [0.1, 0.15) is 99.2 Å². The summed E-state index contributed by atoms with van der Waals surface area (Å²) < 4.78 is 11.3. The Morgan fingerprint density at radius 2 is 1.55 bits per heavy atom. The molecule has 5 nitrogen and oxygen atoms in total. The molecule has 1 amide bonds. The van der Waals surface area contributed by atoms with E-state index in [-0.39, 0.29) is 7.33 Å². The smallest absolute Gasteiger partial charge is 0.217 e. The zero-order valence-corrected chi connectivity index (χ0v) is 19.1. The number of nitrogens with two attached hydrogens (primary N) is 1. The van der Waals surface area contributed by atoms with Crippen molar-refractivity contribution >= 4 is 11.7 Å². The molecule has 2 fully saturated rings. The third-order valence-electron chi connectivity index (χ3n) is 6.11. The Labute approximate surface area is 180 Å². The molecule has 0 aromatic rings. The Morgan fingerprint density at radius 3 is 2.07 bits per heavy atom. The Bertz CT molecular complexity index is 444. The lowest BCUT2D eigenvalue weighted by molar-refractivity contribution is -0.123. The minimum absolute atomic E-state index is 0. The van der Waals surface area contributed by atoms with E-state index in [0.717, 1.165) is 44.8 Å². The fourth-order valence-corrected chi connectivity index (χ4v) is 4.21. The predicted octanol–water partition coefficient (Wildman–Crippen LogP) is 5.29. The quantitative estimate of drug-likeness (QED) is 0.467. The SMILES string of the molecule is CC(C)OCC1CCC(COCCCC(N)=O)CC1.CCC(=O)C1CCCCC1.[HH]. The first-order valence-corrected chi connectivity index (χ1v) is 11.9. The molecule has 0 aromatic heterocycles. The molecule has 0 aromatic carbocycles. The molecular formula is C24H47NO4. The second-order valence-electron chi connectivity index (χ2n) is 9.07. The second kappa shape index (κ2) is 15.8. The summed E-state index contributed by atoms with van der Waals surface area (Å²) in [5.41, 5.74) is 5.08. The molecule has 0 bridgehead atoms. The normalized spacial score (nSPS) is 22.8. The number of ketones is 1. The summed E-state index contributed by atoms with van der Waals surface area (Å²) in [7, 11) is 0. The van der Waals surface area contributed by atoms with Crippen molar-refractivity contribution in [1.29, 1.82) is 0 Å². The predicted molar refractivity (Wildman–Crippen MR) is 120 cm³/mol. The van der Waals surface area contributed by atoms with Gasteiger partial charge in [-0.1, -0.05) is 26.2 Å². The van der Waals surface area contributed by atoms with Crippen molar-refractivity contribution < 1.29 is 20.5 Å². The lowest BCUT2D eigenvalue weighted by Gasteiger charge is -2.28. The molecular weight excluding hydrogens is 366 g/mol. The van der Waals surface area contributed by atoms with Crippen molar-refractivity contribution in [2.45, 2.75) is 104 Å². The fraction of sp³-hybridized carbons (Fsp3) is 0.917. The topological polar surface area (TPSA) is 78.6 Å². The maximum atomic E-state index is 11.2. The number of Topliss-reactive ketones (excluding diaryl/α,β-unsaturated/α-hetero) is 1. The highest BCUT2D eigenvalue weighted by atomic mass is 16.5. The van der Waals surface area contributed by atoms with Gasteiger partial charge in [0.05, 0.1) is 6.10 Å². The maximum Gasteiger partial charge on any atom is 0.217 e. The Morgan fingerprint density at radius 1 is 0.966 bits per heavy atom. The zero-order chi connectivity index (χ0) is 21.5. The molecule has 0 atom stereocenters. The molecule has 2 rings (SSSR count). The van der Waals surface area contributed by atoms with E-state index in [1.807, 2.05) is 6.92 Å². The number of hydrogen-bond donors (Lipinski definition) is 1. The van der Waals surface area contributed by atoms with Gasteiger partial charge in [-0.15, -0.1) is 0 Å². The van der Waals surface area contributed by atoms with Gasteiger partial charge in [0.25, 0.3) is 0 Å². The van der Waals surface area contributed by atoms with Crippen LogP contribution in [0.3, 0.4) is 0 Å². The van der Waals surface area contributed by atoms with Crippen LogP contribution in [0.4, 0.5) is 0 Å². The molecule has 0 spiro atoms. The largest absolute Gasteiger partial charge is 0.381 e. The lowest BCUT2D eigenvalue weighted by Crippen LogP contribution is -2.23. The van der Waals surface area contributed by atoms with Crippen molar-refractivity contribution in [3.63, 3.8) is 0 Å². The summed E-state index contributed by atoms with van der Waals surface area (Å²) in [6.45, 7) is 8.54. The molecule has 0 radical (unpaired) electrons. The van der Waals surface area contributed by atoms with Gasteiger partial charge in [0.2, 0.25) is 5.91 Å².